The average molecular weight is 272 g/mol. The van der Waals surface area contributed by atoms with Gasteiger partial charge < -0.3 is 10.2 Å². The highest BCUT2D eigenvalue weighted by molar-refractivity contribution is 5.67. The monoisotopic (exact) mass is 272 g/mol. The molecule has 0 bridgehead atoms. The van der Waals surface area contributed by atoms with Gasteiger partial charge >= 0.3 is 6.16 Å². The Balaban J connectivity index is 0.000000444. The van der Waals surface area contributed by atoms with Gasteiger partial charge in [-0.25, -0.2) is 4.79 Å². The van der Waals surface area contributed by atoms with Gasteiger partial charge in [0.05, 0.1) is 0 Å². The molecule has 0 fully saturated rings. The van der Waals surface area contributed by atoms with E-state index in [1.165, 1.54) is 36.0 Å². The van der Waals surface area contributed by atoms with Crippen LogP contribution in [0.2, 0.25) is 0 Å². The fourth-order valence-corrected chi connectivity index (χ4v) is 2.00. The van der Waals surface area contributed by atoms with E-state index in [0.717, 1.165) is 0 Å². The van der Waals surface area contributed by atoms with Crippen molar-refractivity contribution in [3.05, 3.63) is 60.2 Å². The molecule has 0 saturated carbocycles. The van der Waals surface area contributed by atoms with Crippen LogP contribution in [0.4, 0.5) is 4.79 Å². The molecule has 0 amide bonds. The lowest BCUT2D eigenvalue weighted by Crippen LogP contribution is -1.89. The minimum absolute atomic E-state index is 1.18. The summed E-state index contributed by atoms with van der Waals surface area (Å²) >= 11 is 0. The third kappa shape index (κ3) is 5.57. The van der Waals surface area contributed by atoms with Gasteiger partial charge in [-0.3, -0.25) is 0 Å². The van der Waals surface area contributed by atoms with E-state index in [-0.39, 0.29) is 0 Å². The van der Waals surface area contributed by atoms with Crippen LogP contribution in [0.25, 0.3) is 11.1 Å². The van der Waals surface area contributed by atoms with E-state index < -0.39 is 6.16 Å². The number of unbranched alkanes of at least 4 members (excludes halogenated alkanes) is 1. The van der Waals surface area contributed by atoms with Crippen molar-refractivity contribution in [1.29, 1.82) is 0 Å². The zero-order valence-electron chi connectivity index (χ0n) is 11.6. The van der Waals surface area contributed by atoms with Crippen molar-refractivity contribution in [2.75, 3.05) is 0 Å². The number of hydrogen-bond donors (Lipinski definition) is 2. The van der Waals surface area contributed by atoms with Gasteiger partial charge in [-0.05, 0) is 29.5 Å². The first-order chi connectivity index (χ1) is 9.65. The minimum atomic E-state index is -1.83. The van der Waals surface area contributed by atoms with Crippen LogP contribution in [-0.2, 0) is 6.42 Å². The van der Waals surface area contributed by atoms with E-state index in [0.29, 0.717) is 0 Å². The lowest BCUT2D eigenvalue weighted by molar-refractivity contribution is 0.137. The van der Waals surface area contributed by atoms with Crippen LogP contribution >= 0.6 is 0 Å². The Bertz CT molecular complexity index is 517. The zero-order chi connectivity index (χ0) is 14.8. The molecule has 2 aromatic rings. The maximum Gasteiger partial charge on any atom is 0.503 e. The second-order valence-corrected chi connectivity index (χ2v) is 4.41. The maximum absolute atomic E-state index is 8.56. The van der Waals surface area contributed by atoms with Crippen LogP contribution < -0.4 is 0 Å². The molecular formula is C17H20O3. The predicted octanol–water partition coefficient (Wildman–Crippen LogP) is 4.92. The molecule has 0 radical (unpaired) electrons. The summed E-state index contributed by atoms with van der Waals surface area (Å²) < 4.78 is 0. The van der Waals surface area contributed by atoms with Crippen LogP contribution in [0.1, 0.15) is 25.3 Å². The summed E-state index contributed by atoms with van der Waals surface area (Å²) in [5.74, 6) is 0. The normalized spacial score (nSPS) is 9.45. The fraction of sp³-hybridized carbons (Fsp3) is 0.235. The van der Waals surface area contributed by atoms with Gasteiger partial charge in [0.15, 0.2) is 0 Å². The van der Waals surface area contributed by atoms with Gasteiger partial charge in [-0.1, -0.05) is 67.9 Å². The Labute approximate surface area is 119 Å². The van der Waals surface area contributed by atoms with Gasteiger partial charge in [0.2, 0.25) is 0 Å². The maximum atomic E-state index is 8.56. The molecule has 20 heavy (non-hydrogen) atoms. The molecule has 3 heteroatoms. The van der Waals surface area contributed by atoms with Crippen molar-refractivity contribution in [2.45, 2.75) is 26.2 Å². The number of carboxylic acid groups (broad SMARTS) is 2. The second kappa shape index (κ2) is 8.75. The lowest BCUT2D eigenvalue weighted by Gasteiger charge is -2.08. The van der Waals surface area contributed by atoms with Crippen molar-refractivity contribution in [3.63, 3.8) is 0 Å². The molecular weight excluding hydrogens is 252 g/mol. The van der Waals surface area contributed by atoms with Gasteiger partial charge in [0, 0.05) is 0 Å². The number of carbonyl (C=O) groups is 1. The highest BCUT2D eigenvalue weighted by Crippen LogP contribution is 2.24. The highest BCUT2D eigenvalue weighted by atomic mass is 16.6. The Hall–Kier alpha value is -2.29. The van der Waals surface area contributed by atoms with Crippen LogP contribution in [0.5, 0.6) is 0 Å². The van der Waals surface area contributed by atoms with Gasteiger partial charge in [0.1, 0.15) is 0 Å². The van der Waals surface area contributed by atoms with E-state index in [1.54, 1.807) is 0 Å². The van der Waals surface area contributed by atoms with E-state index in [2.05, 4.69) is 61.5 Å². The van der Waals surface area contributed by atoms with Crippen molar-refractivity contribution >= 4 is 6.16 Å². The van der Waals surface area contributed by atoms with Crippen LogP contribution in [-0.4, -0.2) is 16.4 Å². The molecule has 106 valence electrons. The molecule has 2 aromatic carbocycles. The van der Waals surface area contributed by atoms with Crippen molar-refractivity contribution in [1.82, 2.24) is 0 Å². The van der Waals surface area contributed by atoms with E-state index in [1.807, 2.05) is 0 Å². The summed E-state index contributed by atoms with van der Waals surface area (Å²) in [6.45, 7) is 2.24. The summed E-state index contributed by atoms with van der Waals surface area (Å²) in [6.07, 6.45) is 1.87. The van der Waals surface area contributed by atoms with Crippen LogP contribution in [0.3, 0.4) is 0 Å². The third-order valence-corrected chi connectivity index (χ3v) is 2.90. The number of aryl methyl sites for hydroxylation is 1. The molecule has 0 saturated heterocycles. The topological polar surface area (TPSA) is 57.5 Å². The predicted molar refractivity (Wildman–Crippen MR) is 81.1 cm³/mol. The number of benzene rings is 2. The Kier molecular flexibility index (Phi) is 6.90. The molecule has 0 unspecified atom stereocenters. The van der Waals surface area contributed by atoms with Gasteiger partial charge in [0.25, 0.3) is 0 Å². The molecule has 3 nitrogen and oxygen atoms in total. The van der Waals surface area contributed by atoms with Crippen molar-refractivity contribution < 1.29 is 15.0 Å². The average Bonchev–Trinajstić information content (AvgIpc) is 2.46. The summed E-state index contributed by atoms with van der Waals surface area (Å²) in [5, 5.41) is 13.9. The first-order valence-corrected chi connectivity index (χ1v) is 6.70. The summed E-state index contributed by atoms with van der Waals surface area (Å²) in [5.41, 5.74) is 4.18. The second-order valence-electron chi connectivity index (χ2n) is 4.41. The molecule has 0 aromatic heterocycles. The molecule has 0 heterocycles. The SMILES string of the molecule is CCCCc1ccccc1-c1ccccc1.O=C(O)O. The number of hydrogen-bond acceptors (Lipinski definition) is 1. The molecule has 0 aliphatic rings. The molecule has 0 atom stereocenters. The standard InChI is InChI=1S/C16H18.CH2O3/c1-2-3-9-14-12-7-8-13-16(14)15-10-5-4-6-11-15;2-1(3)4/h4-8,10-13H,2-3,9H2,1H3;(H2,2,3,4). The van der Waals surface area contributed by atoms with E-state index in [4.69, 9.17) is 15.0 Å². The van der Waals surface area contributed by atoms with Gasteiger partial charge in [-0.15, -0.1) is 0 Å². The smallest absolute Gasteiger partial charge is 0.450 e. The molecule has 0 aliphatic carbocycles. The lowest BCUT2D eigenvalue weighted by atomic mass is 9.96. The molecule has 2 rings (SSSR count). The zero-order valence-corrected chi connectivity index (χ0v) is 11.6. The fourth-order valence-electron chi connectivity index (χ4n) is 2.00. The Morgan fingerprint density at radius 1 is 0.950 bits per heavy atom. The highest BCUT2D eigenvalue weighted by Gasteiger charge is 2.02. The van der Waals surface area contributed by atoms with Gasteiger partial charge in [-0.2, -0.15) is 0 Å². The first kappa shape index (κ1) is 15.8. The van der Waals surface area contributed by atoms with Crippen LogP contribution in [0.15, 0.2) is 54.6 Å². The quantitative estimate of drug-likeness (QED) is 0.830. The van der Waals surface area contributed by atoms with E-state index in [9.17, 15) is 0 Å². The first-order valence-electron chi connectivity index (χ1n) is 6.70. The summed E-state index contributed by atoms with van der Waals surface area (Å²) in [4.78, 5) is 8.56. The van der Waals surface area contributed by atoms with Crippen LogP contribution in [0, 0.1) is 0 Å². The third-order valence-electron chi connectivity index (χ3n) is 2.90. The molecule has 0 aliphatic heterocycles. The van der Waals surface area contributed by atoms with Crippen molar-refractivity contribution in [3.8, 4) is 11.1 Å². The van der Waals surface area contributed by atoms with Crippen molar-refractivity contribution in [2.24, 2.45) is 0 Å². The summed E-state index contributed by atoms with van der Waals surface area (Å²) in [6, 6.07) is 19.4. The van der Waals surface area contributed by atoms with E-state index >= 15 is 0 Å². The Morgan fingerprint density at radius 2 is 1.50 bits per heavy atom. The minimum Gasteiger partial charge on any atom is -0.450 e. The molecule has 0 spiro atoms. The Morgan fingerprint density at radius 3 is 2.10 bits per heavy atom. The number of rotatable bonds is 4. The largest absolute Gasteiger partial charge is 0.503 e. The summed E-state index contributed by atoms with van der Waals surface area (Å²) in [7, 11) is 0. The molecule has 2 N–H and O–H groups in total.